The van der Waals surface area contributed by atoms with Crippen molar-refractivity contribution in [3.8, 4) is 0 Å². The Hall–Kier alpha value is -1.12. The van der Waals surface area contributed by atoms with Crippen LogP contribution in [0.5, 0.6) is 0 Å². The van der Waals surface area contributed by atoms with Crippen molar-refractivity contribution in [2.75, 3.05) is 0 Å². The Morgan fingerprint density at radius 2 is 2.18 bits per heavy atom. The molecule has 0 radical (unpaired) electrons. The Morgan fingerprint density at radius 1 is 1.50 bits per heavy atom. The van der Waals surface area contributed by atoms with Crippen LogP contribution in [0.15, 0.2) is 27.8 Å². The van der Waals surface area contributed by atoms with Crippen molar-refractivity contribution < 1.29 is 13.2 Å². The van der Waals surface area contributed by atoms with Gasteiger partial charge in [-0.1, -0.05) is 18.5 Å². The Labute approximate surface area is 141 Å². The van der Waals surface area contributed by atoms with E-state index in [1.54, 1.807) is 12.1 Å². The topological polar surface area (TPSA) is 80.5 Å². The van der Waals surface area contributed by atoms with Crippen LogP contribution in [0.2, 0.25) is 5.15 Å². The summed E-state index contributed by atoms with van der Waals surface area (Å²) in [4.78, 5) is 15.9. The summed E-state index contributed by atoms with van der Waals surface area (Å²) in [5.41, 5.74) is 0.307. The zero-order chi connectivity index (χ0) is 16.1. The van der Waals surface area contributed by atoms with E-state index in [-0.39, 0.29) is 22.0 Å². The summed E-state index contributed by atoms with van der Waals surface area (Å²) in [7, 11) is -4.09. The molecule has 1 aliphatic carbocycles. The van der Waals surface area contributed by atoms with Gasteiger partial charge in [-0.2, -0.15) is 8.42 Å². The lowest BCUT2D eigenvalue weighted by atomic mass is 10.1. The SMILES string of the molecule is CC1(CC(=O)NS(=O)(=O)c2c(Cl)nc3ccc(Br)cn23)CC1. The van der Waals surface area contributed by atoms with Crippen molar-refractivity contribution in [2.24, 2.45) is 5.41 Å². The number of carbonyl (C=O) groups excluding carboxylic acids is 1. The molecule has 0 saturated heterocycles. The van der Waals surface area contributed by atoms with E-state index in [1.807, 2.05) is 6.92 Å². The molecule has 1 N–H and O–H groups in total. The fraction of sp³-hybridized carbons (Fsp3) is 0.385. The average molecular weight is 407 g/mol. The van der Waals surface area contributed by atoms with Gasteiger partial charge in [0.25, 0.3) is 10.0 Å². The number of carbonyl (C=O) groups is 1. The van der Waals surface area contributed by atoms with Gasteiger partial charge in [-0.05, 0) is 46.3 Å². The number of nitrogens with one attached hydrogen (secondary N) is 1. The smallest absolute Gasteiger partial charge is 0.283 e. The second-order valence-electron chi connectivity index (χ2n) is 5.80. The first kappa shape index (κ1) is 15.8. The molecule has 0 unspecified atom stereocenters. The highest BCUT2D eigenvalue weighted by molar-refractivity contribution is 9.10. The highest BCUT2D eigenvalue weighted by Gasteiger charge is 2.40. The summed E-state index contributed by atoms with van der Waals surface area (Å²) in [6, 6.07) is 3.35. The normalized spacial score (nSPS) is 16.7. The number of amides is 1. The third kappa shape index (κ3) is 3.00. The molecule has 0 aliphatic heterocycles. The van der Waals surface area contributed by atoms with Crippen LogP contribution in [0.1, 0.15) is 26.2 Å². The summed E-state index contributed by atoms with van der Waals surface area (Å²) in [5.74, 6) is -0.527. The molecular formula is C13H13BrClN3O3S. The van der Waals surface area contributed by atoms with Crippen molar-refractivity contribution >= 4 is 49.1 Å². The van der Waals surface area contributed by atoms with Crippen LogP contribution in [0.3, 0.4) is 0 Å². The Morgan fingerprint density at radius 3 is 2.82 bits per heavy atom. The maximum Gasteiger partial charge on any atom is 0.283 e. The molecule has 0 aromatic carbocycles. The molecule has 1 aliphatic rings. The Bertz CT molecular complexity index is 874. The number of imidazole rings is 1. The zero-order valence-electron chi connectivity index (χ0n) is 11.6. The Kier molecular flexibility index (Phi) is 3.73. The van der Waals surface area contributed by atoms with Crippen LogP contribution in [0.4, 0.5) is 0 Å². The van der Waals surface area contributed by atoms with Gasteiger partial charge < -0.3 is 0 Å². The molecular weight excluding hydrogens is 394 g/mol. The number of nitrogens with zero attached hydrogens (tertiary/aromatic N) is 2. The maximum atomic E-state index is 12.5. The summed E-state index contributed by atoms with van der Waals surface area (Å²) in [6.45, 7) is 1.96. The van der Waals surface area contributed by atoms with E-state index in [1.165, 1.54) is 10.6 Å². The number of hydrogen-bond acceptors (Lipinski definition) is 4. The minimum Gasteiger partial charge on any atom is -0.287 e. The summed E-state index contributed by atoms with van der Waals surface area (Å²) >= 11 is 9.22. The van der Waals surface area contributed by atoms with Gasteiger partial charge in [-0.3, -0.25) is 9.20 Å². The first-order valence-corrected chi connectivity index (χ1v) is 9.24. The van der Waals surface area contributed by atoms with Crippen LogP contribution < -0.4 is 4.72 Å². The molecule has 2 aromatic heterocycles. The van der Waals surface area contributed by atoms with Crippen molar-refractivity contribution in [3.63, 3.8) is 0 Å². The third-order valence-electron chi connectivity index (χ3n) is 3.69. The first-order valence-electron chi connectivity index (χ1n) is 6.59. The molecule has 1 fully saturated rings. The van der Waals surface area contributed by atoms with E-state index in [2.05, 4.69) is 25.6 Å². The average Bonchev–Trinajstić information content (AvgIpc) is 2.98. The highest BCUT2D eigenvalue weighted by atomic mass is 79.9. The van der Waals surface area contributed by atoms with E-state index in [0.717, 1.165) is 12.8 Å². The van der Waals surface area contributed by atoms with Crippen LogP contribution in [-0.2, 0) is 14.8 Å². The first-order chi connectivity index (χ1) is 10.2. The van der Waals surface area contributed by atoms with E-state index in [0.29, 0.717) is 10.1 Å². The zero-order valence-corrected chi connectivity index (χ0v) is 14.8. The second-order valence-corrected chi connectivity index (χ2v) is 8.67. The largest absolute Gasteiger partial charge is 0.287 e. The van der Waals surface area contributed by atoms with Gasteiger partial charge in [0.05, 0.1) is 0 Å². The lowest BCUT2D eigenvalue weighted by Crippen LogP contribution is -2.32. The molecule has 0 bridgehead atoms. The maximum absolute atomic E-state index is 12.5. The van der Waals surface area contributed by atoms with E-state index >= 15 is 0 Å². The number of halogens is 2. The highest BCUT2D eigenvalue weighted by Crippen LogP contribution is 2.48. The monoisotopic (exact) mass is 405 g/mol. The molecule has 2 aromatic rings. The number of rotatable bonds is 4. The fourth-order valence-electron chi connectivity index (χ4n) is 2.22. The standard InChI is InChI=1S/C13H13BrClN3O3S/c1-13(4-5-13)6-10(19)17-22(20,21)12-11(15)16-9-3-2-8(14)7-18(9)12/h2-3,7H,4-6H2,1H3,(H,17,19). The predicted molar refractivity (Wildman–Crippen MR) is 85.2 cm³/mol. The fourth-order valence-corrected chi connectivity index (χ4v) is 4.18. The minimum atomic E-state index is -4.09. The van der Waals surface area contributed by atoms with Crippen LogP contribution in [-0.4, -0.2) is 23.7 Å². The van der Waals surface area contributed by atoms with E-state index < -0.39 is 15.9 Å². The molecule has 9 heteroatoms. The quantitative estimate of drug-likeness (QED) is 0.846. The molecule has 1 saturated carbocycles. The predicted octanol–water partition coefficient (Wildman–Crippen LogP) is 2.75. The summed E-state index contributed by atoms with van der Waals surface area (Å²) in [5, 5.41) is -0.407. The number of aromatic nitrogens is 2. The lowest BCUT2D eigenvalue weighted by Gasteiger charge is -2.10. The van der Waals surface area contributed by atoms with Gasteiger partial charge in [0, 0.05) is 17.1 Å². The number of hydrogen-bond donors (Lipinski definition) is 1. The number of pyridine rings is 1. The molecule has 22 heavy (non-hydrogen) atoms. The van der Waals surface area contributed by atoms with Crippen molar-refractivity contribution in [2.45, 2.75) is 31.2 Å². The van der Waals surface area contributed by atoms with Gasteiger partial charge in [-0.25, -0.2) is 9.71 Å². The number of sulfonamides is 1. The van der Waals surface area contributed by atoms with Crippen molar-refractivity contribution in [1.29, 1.82) is 0 Å². The molecule has 118 valence electrons. The molecule has 6 nitrogen and oxygen atoms in total. The van der Waals surface area contributed by atoms with Gasteiger partial charge >= 0.3 is 0 Å². The molecule has 1 amide bonds. The van der Waals surface area contributed by atoms with Gasteiger partial charge in [0.15, 0.2) is 10.2 Å². The summed E-state index contributed by atoms with van der Waals surface area (Å²) in [6.07, 6.45) is 3.59. The molecule has 0 spiro atoms. The van der Waals surface area contributed by atoms with Crippen LogP contribution >= 0.6 is 27.5 Å². The van der Waals surface area contributed by atoms with Gasteiger partial charge in [0.2, 0.25) is 5.91 Å². The molecule has 2 heterocycles. The minimum absolute atomic E-state index is 0.0775. The second kappa shape index (κ2) is 5.21. The van der Waals surface area contributed by atoms with Crippen molar-refractivity contribution in [1.82, 2.24) is 14.1 Å². The number of fused-ring (bicyclic) bond motifs is 1. The van der Waals surface area contributed by atoms with Crippen molar-refractivity contribution in [3.05, 3.63) is 28.0 Å². The van der Waals surface area contributed by atoms with E-state index in [9.17, 15) is 13.2 Å². The molecule has 3 rings (SSSR count). The summed E-state index contributed by atoms with van der Waals surface area (Å²) < 4.78 is 29.0. The van der Waals surface area contributed by atoms with Crippen LogP contribution in [0, 0.1) is 5.41 Å². The molecule has 0 atom stereocenters. The van der Waals surface area contributed by atoms with Crippen LogP contribution in [0.25, 0.3) is 5.65 Å². The van der Waals surface area contributed by atoms with Gasteiger partial charge in [0.1, 0.15) is 5.65 Å². The lowest BCUT2D eigenvalue weighted by molar-refractivity contribution is -0.120. The third-order valence-corrected chi connectivity index (χ3v) is 5.93. The van der Waals surface area contributed by atoms with Gasteiger partial charge in [-0.15, -0.1) is 0 Å². The van der Waals surface area contributed by atoms with E-state index in [4.69, 9.17) is 11.6 Å². The Balaban J connectivity index is 1.96.